The van der Waals surface area contributed by atoms with E-state index in [0.717, 1.165) is 0 Å². The van der Waals surface area contributed by atoms with Crippen molar-refractivity contribution < 1.29 is 0 Å². The molecule has 2 rings (SSSR count). The Morgan fingerprint density at radius 2 is 1.54 bits per heavy atom. The summed E-state index contributed by atoms with van der Waals surface area (Å²) < 4.78 is 0. The van der Waals surface area contributed by atoms with Crippen LogP contribution in [0.4, 0.5) is 0 Å². The number of hydrogen-bond acceptors (Lipinski definition) is 1. The SMILES string of the molecule is ClC1CCCCC1N1CCCCC1. The van der Waals surface area contributed by atoms with E-state index in [2.05, 4.69) is 4.90 Å². The van der Waals surface area contributed by atoms with Crippen molar-refractivity contribution in [3.8, 4) is 0 Å². The third-order valence-corrected chi connectivity index (χ3v) is 4.02. The minimum Gasteiger partial charge on any atom is -0.299 e. The van der Waals surface area contributed by atoms with Crippen LogP contribution in [0.15, 0.2) is 0 Å². The van der Waals surface area contributed by atoms with Gasteiger partial charge in [-0.3, -0.25) is 4.90 Å². The minimum absolute atomic E-state index is 0.437. The topological polar surface area (TPSA) is 3.24 Å². The summed E-state index contributed by atoms with van der Waals surface area (Å²) in [7, 11) is 0. The van der Waals surface area contributed by atoms with Crippen LogP contribution in [0.25, 0.3) is 0 Å². The van der Waals surface area contributed by atoms with Gasteiger partial charge in [0.15, 0.2) is 0 Å². The predicted molar refractivity (Wildman–Crippen MR) is 57.3 cm³/mol. The highest BCUT2D eigenvalue weighted by molar-refractivity contribution is 6.21. The number of halogens is 1. The van der Waals surface area contributed by atoms with E-state index in [9.17, 15) is 0 Å². The van der Waals surface area contributed by atoms with Crippen LogP contribution < -0.4 is 0 Å². The molecule has 13 heavy (non-hydrogen) atoms. The number of hydrogen-bond donors (Lipinski definition) is 0. The minimum atomic E-state index is 0.437. The Bertz CT molecular complexity index is 154. The molecule has 1 saturated heterocycles. The van der Waals surface area contributed by atoms with Gasteiger partial charge in [-0.1, -0.05) is 19.3 Å². The molecule has 76 valence electrons. The van der Waals surface area contributed by atoms with Crippen LogP contribution in [-0.2, 0) is 0 Å². The quantitative estimate of drug-likeness (QED) is 0.590. The first kappa shape index (κ1) is 9.79. The molecule has 2 heteroatoms. The molecule has 0 N–H and O–H groups in total. The molecule has 1 nitrogen and oxygen atoms in total. The fourth-order valence-electron chi connectivity index (χ4n) is 2.73. The number of piperidine rings is 1. The second kappa shape index (κ2) is 4.65. The summed E-state index contributed by atoms with van der Waals surface area (Å²) in [6, 6.07) is 0.704. The van der Waals surface area contributed by atoms with Crippen molar-refractivity contribution in [3.63, 3.8) is 0 Å². The van der Waals surface area contributed by atoms with Gasteiger partial charge in [0.25, 0.3) is 0 Å². The molecule has 0 bridgehead atoms. The number of rotatable bonds is 1. The second-order valence-corrected chi connectivity index (χ2v) is 5.03. The molecule has 0 aromatic rings. The average molecular weight is 202 g/mol. The largest absolute Gasteiger partial charge is 0.299 e. The van der Waals surface area contributed by atoms with Gasteiger partial charge in [0.05, 0.1) is 0 Å². The van der Waals surface area contributed by atoms with E-state index in [-0.39, 0.29) is 0 Å². The van der Waals surface area contributed by atoms with Gasteiger partial charge >= 0.3 is 0 Å². The van der Waals surface area contributed by atoms with E-state index in [0.29, 0.717) is 11.4 Å². The van der Waals surface area contributed by atoms with E-state index < -0.39 is 0 Å². The summed E-state index contributed by atoms with van der Waals surface area (Å²) in [6.45, 7) is 2.60. The summed E-state index contributed by atoms with van der Waals surface area (Å²) in [5.41, 5.74) is 0. The zero-order chi connectivity index (χ0) is 9.10. The predicted octanol–water partition coefficient (Wildman–Crippen LogP) is 3.02. The molecule has 1 heterocycles. The molecule has 0 aromatic heterocycles. The molecular formula is C11H20ClN. The van der Waals surface area contributed by atoms with Gasteiger partial charge in [-0.2, -0.15) is 0 Å². The van der Waals surface area contributed by atoms with Gasteiger partial charge in [0.2, 0.25) is 0 Å². The van der Waals surface area contributed by atoms with Crippen molar-refractivity contribution in [2.45, 2.75) is 56.4 Å². The fraction of sp³-hybridized carbons (Fsp3) is 1.00. The summed E-state index contributed by atoms with van der Waals surface area (Å²) in [5, 5.41) is 0.437. The van der Waals surface area contributed by atoms with Crippen molar-refractivity contribution in [3.05, 3.63) is 0 Å². The maximum atomic E-state index is 6.37. The molecule has 2 fully saturated rings. The molecule has 0 aromatic carbocycles. The van der Waals surface area contributed by atoms with Crippen LogP contribution in [0.1, 0.15) is 44.9 Å². The van der Waals surface area contributed by atoms with E-state index in [1.54, 1.807) is 0 Å². The fourth-order valence-corrected chi connectivity index (χ4v) is 3.17. The van der Waals surface area contributed by atoms with Gasteiger partial charge in [0.1, 0.15) is 0 Å². The van der Waals surface area contributed by atoms with Crippen LogP contribution in [0.3, 0.4) is 0 Å². The number of likely N-dealkylation sites (tertiary alicyclic amines) is 1. The number of nitrogens with zero attached hydrogens (tertiary/aromatic N) is 1. The van der Waals surface area contributed by atoms with Gasteiger partial charge < -0.3 is 0 Å². The van der Waals surface area contributed by atoms with Crippen LogP contribution in [0.5, 0.6) is 0 Å². The molecule has 1 aliphatic carbocycles. The smallest absolute Gasteiger partial charge is 0.0491 e. The van der Waals surface area contributed by atoms with E-state index in [4.69, 9.17) is 11.6 Å². The second-order valence-electron chi connectivity index (χ2n) is 4.46. The molecule has 2 aliphatic rings. The third-order valence-electron chi connectivity index (χ3n) is 3.51. The van der Waals surface area contributed by atoms with Gasteiger partial charge in [-0.05, 0) is 38.8 Å². The molecule has 0 radical (unpaired) electrons. The van der Waals surface area contributed by atoms with E-state index in [1.807, 2.05) is 0 Å². The lowest BCUT2D eigenvalue weighted by molar-refractivity contribution is 0.134. The highest BCUT2D eigenvalue weighted by atomic mass is 35.5. The first-order valence-electron chi connectivity index (χ1n) is 5.76. The van der Waals surface area contributed by atoms with Crippen molar-refractivity contribution in [2.75, 3.05) is 13.1 Å². The average Bonchev–Trinajstić information content (AvgIpc) is 2.20. The Kier molecular flexibility index (Phi) is 3.51. The molecule has 0 amide bonds. The molecule has 1 saturated carbocycles. The maximum absolute atomic E-state index is 6.37. The Labute approximate surface area is 86.4 Å². The summed E-state index contributed by atoms with van der Waals surface area (Å²) >= 11 is 6.37. The Balaban J connectivity index is 1.88. The lowest BCUT2D eigenvalue weighted by atomic mass is 9.92. The summed E-state index contributed by atoms with van der Waals surface area (Å²) in [5.74, 6) is 0. The highest BCUT2D eigenvalue weighted by Crippen LogP contribution is 2.28. The zero-order valence-electron chi connectivity index (χ0n) is 8.34. The van der Waals surface area contributed by atoms with Crippen molar-refractivity contribution in [2.24, 2.45) is 0 Å². The van der Waals surface area contributed by atoms with E-state index in [1.165, 1.54) is 58.0 Å². The van der Waals surface area contributed by atoms with Crippen LogP contribution in [-0.4, -0.2) is 29.4 Å². The van der Waals surface area contributed by atoms with Crippen molar-refractivity contribution in [1.29, 1.82) is 0 Å². The third kappa shape index (κ3) is 2.38. The van der Waals surface area contributed by atoms with Crippen LogP contribution >= 0.6 is 11.6 Å². The molecular weight excluding hydrogens is 182 g/mol. The molecule has 1 aliphatic heterocycles. The summed E-state index contributed by atoms with van der Waals surface area (Å²) in [6.07, 6.45) is 9.52. The lowest BCUT2D eigenvalue weighted by Gasteiger charge is -2.39. The standard InChI is InChI=1S/C11H20ClN/c12-10-6-2-3-7-11(10)13-8-4-1-5-9-13/h10-11H,1-9H2. The first-order chi connectivity index (χ1) is 6.38. The van der Waals surface area contributed by atoms with Crippen molar-refractivity contribution in [1.82, 2.24) is 4.90 Å². The Hall–Kier alpha value is 0.250. The normalized spacial score (nSPS) is 37.6. The Morgan fingerprint density at radius 3 is 2.23 bits per heavy atom. The monoisotopic (exact) mass is 201 g/mol. The maximum Gasteiger partial charge on any atom is 0.0491 e. The molecule has 0 spiro atoms. The molecule has 2 atom stereocenters. The van der Waals surface area contributed by atoms with Crippen LogP contribution in [0.2, 0.25) is 0 Å². The van der Waals surface area contributed by atoms with Crippen molar-refractivity contribution >= 4 is 11.6 Å². The molecule has 2 unspecified atom stereocenters. The summed E-state index contributed by atoms with van der Waals surface area (Å²) in [4.78, 5) is 2.64. The van der Waals surface area contributed by atoms with Gasteiger partial charge in [-0.25, -0.2) is 0 Å². The van der Waals surface area contributed by atoms with Gasteiger partial charge in [-0.15, -0.1) is 11.6 Å². The van der Waals surface area contributed by atoms with E-state index >= 15 is 0 Å². The van der Waals surface area contributed by atoms with Gasteiger partial charge in [0, 0.05) is 11.4 Å². The zero-order valence-corrected chi connectivity index (χ0v) is 9.10. The number of alkyl halides is 1. The highest BCUT2D eigenvalue weighted by Gasteiger charge is 2.29. The first-order valence-corrected chi connectivity index (χ1v) is 6.20. The lowest BCUT2D eigenvalue weighted by Crippen LogP contribution is -2.45. The van der Waals surface area contributed by atoms with Crippen LogP contribution in [0, 0.1) is 0 Å². The Morgan fingerprint density at radius 1 is 0.846 bits per heavy atom.